The Bertz CT molecular complexity index is 421. The Morgan fingerprint density at radius 1 is 1.42 bits per heavy atom. The Kier molecular flexibility index (Phi) is 5.43. The van der Waals surface area contributed by atoms with Crippen LogP contribution in [0, 0.1) is 0 Å². The molecule has 0 bridgehead atoms. The zero-order valence-corrected chi connectivity index (χ0v) is 11.8. The number of nitrogens with zero attached hydrogens (tertiary/aromatic N) is 2. The van der Waals surface area contributed by atoms with Crippen molar-refractivity contribution in [2.45, 2.75) is 26.1 Å². The van der Waals surface area contributed by atoms with Crippen molar-refractivity contribution in [1.82, 2.24) is 9.88 Å². The molecule has 0 saturated heterocycles. The predicted octanol–water partition coefficient (Wildman–Crippen LogP) is 3.51. The normalized spacial score (nSPS) is 12.3. The van der Waals surface area contributed by atoms with Crippen LogP contribution in [0.25, 0.3) is 0 Å². The number of anilines is 1. The summed E-state index contributed by atoms with van der Waals surface area (Å²) in [6.07, 6.45) is -3.65. The molecule has 0 amide bonds. The molecule has 1 aromatic heterocycles. The van der Waals surface area contributed by atoms with Crippen molar-refractivity contribution in [3.8, 4) is 0 Å². The van der Waals surface area contributed by atoms with E-state index in [1.807, 2.05) is 7.05 Å². The molecular weight excluding hydrogens is 279 g/mol. The zero-order valence-electron chi connectivity index (χ0n) is 11.1. The van der Waals surface area contributed by atoms with Crippen LogP contribution in [-0.4, -0.2) is 36.1 Å². The summed E-state index contributed by atoms with van der Waals surface area (Å²) in [4.78, 5) is 5.81. The van der Waals surface area contributed by atoms with Crippen molar-refractivity contribution in [3.63, 3.8) is 0 Å². The van der Waals surface area contributed by atoms with Crippen molar-refractivity contribution in [3.05, 3.63) is 22.8 Å². The number of halogens is 4. The van der Waals surface area contributed by atoms with Crippen LogP contribution in [0.15, 0.2) is 12.3 Å². The zero-order chi connectivity index (χ0) is 14.6. The largest absolute Gasteiger partial charge is 0.417 e. The average Bonchev–Trinajstić information content (AvgIpc) is 2.29. The van der Waals surface area contributed by atoms with Gasteiger partial charge in [0.2, 0.25) is 0 Å². The Morgan fingerprint density at radius 2 is 2.05 bits per heavy atom. The standard InChI is InChI=1S/C12H17ClF3N3/c1-8(2)19(3)5-4-17-11-10(13)6-9(7-18-11)12(14,15)16/h6-8H,4-5H2,1-3H3,(H,17,18). The van der Waals surface area contributed by atoms with Gasteiger partial charge in [-0.05, 0) is 27.0 Å². The van der Waals surface area contributed by atoms with Crippen molar-refractivity contribution >= 4 is 17.4 Å². The quantitative estimate of drug-likeness (QED) is 0.901. The molecule has 0 saturated carbocycles. The summed E-state index contributed by atoms with van der Waals surface area (Å²) in [5.41, 5.74) is -0.845. The first-order valence-electron chi connectivity index (χ1n) is 5.88. The first kappa shape index (κ1) is 16.0. The van der Waals surface area contributed by atoms with Crippen LogP contribution in [-0.2, 0) is 6.18 Å². The number of pyridine rings is 1. The fourth-order valence-corrected chi connectivity index (χ4v) is 1.57. The summed E-state index contributed by atoms with van der Waals surface area (Å²) >= 11 is 5.77. The SMILES string of the molecule is CC(C)N(C)CCNc1ncc(C(F)(F)F)cc1Cl. The minimum atomic E-state index is -4.42. The molecule has 19 heavy (non-hydrogen) atoms. The van der Waals surface area contributed by atoms with Gasteiger partial charge in [-0.2, -0.15) is 13.2 Å². The smallest absolute Gasteiger partial charge is 0.368 e. The van der Waals surface area contributed by atoms with Gasteiger partial charge in [-0.1, -0.05) is 11.6 Å². The maximum absolute atomic E-state index is 12.4. The van der Waals surface area contributed by atoms with Gasteiger partial charge in [-0.3, -0.25) is 0 Å². The number of aromatic nitrogens is 1. The number of nitrogens with one attached hydrogen (secondary N) is 1. The second kappa shape index (κ2) is 6.43. The number of hydrogen-bond acceptors (Lipinski definition) is 3. The van der Waals surface area contributed by atoms with E-state index in [4.69, 9.17) is 11.6 Å². The predicted molar refractivity (Wildman–Crippen MR) is 70.5 cm³/mol. The third kappa shape index (κ3) is 4.87. The van der Waals surface area contributed by atoms with Gasteiger partial charge in [0.15, 0.2) is 0 Å². The molecule has 3 nitrogen and oxygen atoms in total. The van der Waals surface area contributed by atoms with Crippen LogP contribution in [0.3, 0.4) is 0 Å². The van der Waals surface area contributed by atoms with Crippen LogP contribution in [0.5, 0.6) is 0 Å². The molecule has 0 fully saturated rings. The van der Waals surface area contributed by atoms with E-state index in [2.05, 4.69) is 29.0 Å². The van der Waals surface area contributed by atoms with Crippen LogP contribution in [0.4, 0.5) is 19.0 Å². The lowest BCUT2D eigenvalue weighted by Gasteiger charge is -2.21. The monoisotopic (exact) mass is 295 g/mol. The maximum Gasteiger partial charge on any atom is 0.417 e. The summed E-state index contributed by atoms with van der Waals surface area (Å²) in [5, 5.41) is 2.90. The second-order valence-corrected chi connectivity index (χ2v) is 4.96. The van der Waals surface area contributed by atoms with E-state index in [9.17, 15) is 13.2 Å². The van der Waals surface area contributed by atoms with Crippen LogP contribution < -0.4 is 5.32 Å². The molecule has 0 spiro atoms. The number of hydrogen-bond donors (Lipinski definition) is 1. The molecule has 0 aliphatic rings. The first-order chi connectivity index (χ1) is 8.71. The molecule has 1 heterocycles. The van der Waals surface area contributed by atoms with Crippen molar-refractivity contribution in [1.29, 1.82) is 0 Å². The minimum absolute atomic E-state index is 0.0259. The van der Waals surface area contributed by atoms with Crippen molar-refractivity contribution in [2.24, 2.45) is 0 Å². The highest BCUT2D eigenvalue weighted by atomic mass is 35.5. The van der Waals surface area contributed by atoms with E-state index in [1.54, 1.807) is 0 Å². The number of likely N-dealkylation sites (N-methyl/N-ethyl adjacent to an activating group) is 1. The highest BCUT2D eigenvalue weighted by Gasteiger charge is 2.31. The molecule has 7 heteroatoms. The molecule has 0 radical (unpaired) electrons. The van der Waals surface area contributed by atoms with Crippen molar-refractivity contribution < 1.29 is 13.2 Å². The second-order valence-electron chi connectivity index (χ2n) is 4.55. The lowest BCUT2D eigenvalue weighted by molar-refractivity contribution is -0.137. The van der Waals surface area contributed by atoms with Crippen LogP contribution in [0.1, 0.15) is 19.4 Å². The lowest BCUT2D eigenvalue weighted by Crippen LogP contribution is -2.31. The summed E-state index contributed by atoms with van der Waals surface area (Å²) in [6.45, 7) is 5.43. The first-order valence-corrected chi connectivity index (χ1v) is 6.26. The highest BCUT2D eigenvalue weighted by molar-refractivity contribution is 6.32. The topological polar surface area (TPSA) is 28.2 Å². The Hall–Kier alpha value is -1.01. The number of alkyl halides is 3. The Balaban J connectivity index is 2.61. The molecule has 0 unspecified atom stereocenters. The molecule has 0 aliphatic carbocycles. The maximum atomic E-state index is 12.4. The third-order valence-electron chi connectivity index (χ3n) is 2.81. The minimum Gasteiger partial charge on any atom is -0.368 e. The average molecular weight is 296 g/mol. The van der Waals surface area contributed by atoms with E-state index < -0.39 is 11.7 Å². The van der Waals surface area contributed by atoms with Gasteiger partial charge in [-0.25, -0.2) is 4.98 Å². The van der Waals surface area contributed by atoms with E-state index >= 15 is 0 Å². The van der Waals surface area contributed by atoms with E-state index in [0.717, 1.165) is 18.8 Å². The fourth-order valence-electron chi connectivity index (χ4n) is 1.33. The molecule has 0 aromatic carbocycles. The lowest BCUT2D eigenvalue weighted by atomic mass is 10.3. The van der Waals surface area contributed by atoms with E-state index in [-0.39, 0.29) is 10.8 Å². The molecule has 0 aliphatic heterocycles. The third-order valence-corrected chi connectivity index (χ3v) is 3.10. The van der Waals surface area contributed by atoms with Gasteiger partial charge in [-0.15, -0.1) is 0 Å². The highest BCUT2D eigenvalue weighted by Crippen LogP contribution is 2.32. The molecular formula is C12H17ClF3N3. The van der Waals surface area contributed by atoms with Gasteiger partial charge in [0.25, 0.3) is 0 Å². The summed E-state index contributed by atoms with van der Waals surface area (Å²) in [6, 6.07) is 1.28. The van der Waals surface area contributed by atoms with Crippen LogP contribution in [0.2, 0.25) is 5.02 Å². The van der Waals surface area contributed by atoms with Gasteiger partial charge >= 0.3 is 6.18 Å². The van der Waals surface area contributed by atoms with E-state index in [0.29, 0.717) is 12.6 Å². The summed E-state index contributed by atoms with van der Waals surface area (Å²) in [7, 11) is 1.97. The van der Waals surface area contributed by atoms with E-state index in [1.165, 1.54) is 0 Å². The van der Waals surface area contributed by atoms with Crippen molar-refractivity contribution in [2.75, 3.05) is 25.5 Å². The van der Waals surface area contributed by atoms with Gasteiger partial charge < -0.3 is 10.2 Å². The van der Waals surface area contributed by atoms with Gasteiger partial charge in [0, 0.05) is 25.3 Å². The molecule has 1 N–H and O–H groups in total. The summed E-state index contributed by atoms with van der Waals surface area (Å²) in [5.74, 6) is 0.270. The number of rotatable bonds is 5. The Morgan fingerprint density at radius 3 is 2.53 bits per heavy atom. The molecule has 1 aromatic rings. The van der Waals surface area contributed by atoms with Crippen LogP contribution >= 0.6 is 11.6 Å². The molecule has 108 valence electrons. The molecule has 0 atom stereocenters. The Labute approximate surface area is 115 Å². The fraction of sp³-hybridized carbons (Fsp3) is 0.583. The van der Waals surface area contributed by atoms with Gasteiger partial charge in [0.1, 0.15) is 5.82 Å². The molecule has 1 rings (SSSR count). The van der Waals surface area contributed by atoms with Gasteiger partial charge in [0.05, 0.1) is 10.6 Å². The summed E-state index contributed by atoms with van der Waals surface area (Å²) < 4.78 is 37.3.